The molecule has 1 amide bonds. The Hall–Kier alpha value is -0.650. The lowest BCUT2D eigenvalue weighted by atomic mass is 9.99. The third-order valence-corrected chi connectivity index (χ3v) is 3.78. The molecule has 0 spiro atoms. The van der Waals surface area contributed by atoms with Gasteiger partial charge in [-0.15, -0.1) is 0 Å². The van der Waals surface area contributed by atoms with Crippen LogP contribution in [0.4, 0.5) is 0 Å². The normalized spacial score (nSPS) is 26.5. The van der Waals surface area contributed by atoms with Crippen molar-refractivity contribution in [2.45, 2.75) is 57.8 Å². The molecule has 2 saturated heterocycles. The molecule has 0 saturated carbocycles. The summed E-state index contributed by atoms with van der Waals surface area (Å²) < 4.78 is 11.8. The molecule has 0 aromatic heterocycles. The van der Waals surface area contributed by atoms with Crippen LogP contribution < -0.4 is 5.32 Å². The molecule has 2 aliphatic heterocycles. The van der Waals surface area contributed by atoms with E-state index in [0.717, 1.165) is 25.9 Å². The Kier molecular flexibility index (Phi) is 4.72. The third-order valence-electron chi connectivity index (χ3n) is 3.78. The highest BCUT2D eigenvalue weighted by Gasteiger charge is 2.39. The molecule has 20 heavy (non-hydrogen) atoms. The number of hydrogen-bond donors (Lipinski definition) is 1. The lowest BCUT2D eigenvalue weighted by Gasteiger charge is -2.47. The summed E-state index contributed by atoms with van der Waals surface area (Å²) in [6, 6.07) is 0. The van der Waals surface area contributed by atoms with Crippen LogP contribution in [0.3, 0.4) is 0 Å². The number of nitrogens with one attached hydrogen (secondary N) is 1. The van der Waals surface area contributed by atoms with Gasteiger partial charge in [0.05, 0.1) is 17.3 Å². The first-order chi connectivity index (χ1) is 9.27. The summed E-state index contributed by atoms with van der Waals surface area (Å²) in [6.07, 6.45) is 2.21. The maximum absolute atomic E-state index is 12.3. The predicted octanol–water partition coefficient (Wildman–Crippen LogP) is 1.17. The molecular weight excluding hydrogens is 256 g/mol. The van der Waals surface area contributed by atoms with Crippen molar-refractivity contribution < 1.29 is 14.3 Å². The molecule has 0 atom stereocenters. The van der Waals surface area contributed by atoms with Gasteiger partial charge in [-0.25, -0.2) is 0 Å². The third kappa shape index (κ3) is 4.43. The molecule has 5 heteroatoms. The minimum Gasteiger partial charge on any atom is -0.368 e. The van der Waals surface area contributed by atoms with E-state index >= 15 is 0 Å². The maximum atomic E-state index is 12.3. The van der Waals surface area contributed by atoms with E-state index in [1.807, 2.05) is 32.6 Å². The minimum atomic E-state index is -0.299. The molecule has 0 radical (unpaired) electrons. The van der Waals surface area contributed by atoms with E-state index in [9.17, 15) is 4.79 Å². The molecule has 5 nitrogen and oxygen atoms in total. The SMILES string of the molecule is CC1(C)CN(C(=O)COC2CCNCC2)CC(C)(C)O1. The Morgan fingerprint density at radius 3 is 2.30 bits per heavy atom. The molecule has 116 valence electrons. The van der Waals surface area contributed by atoms with Gasteiger partial charge in [0.15, 0.2) is 0 Å². The summed E-state index contributed by atoms with van der Waals surface area (Å²) >= 11 is 0. The average Bonchev–Trinajstić information content (AvgIpc) is 2.33. The first-order valence-electron chi connectivity index (χ1n) is 7.58. The number of piperidine rings is 1. The van der Waals surface area contributed by atoms with E-state index in [1.165, 1.54) is 0 Å². The molecule has 0 aromatic rings. The molecule has 0 aromatic carbocycles. The van der Waals surface area contributed by atoms with Crippen molar-refractivity contribution in [2.75, 3.05) is 32.8 Å². The lowest BCUT2D eigenvalue weighted by molar-refractivity contribution is -0.190. The summed E-state index contributed by atoms with van der Waals surface area (Å²) in [5.41, 5.74) is -0.599. The summed E-state index contributed by atoms with van der Waals surface area (Å²) in [5, 5.41) is 3.30. The van der Waals surface area contributed by atoms with Crippen molar-refractivity contribution in [3.63, 3.8) is 0 Å². The first-order valence-corrected chi connectivity index (χ1v) is 7.58. The maximum Gasteiger partial charge on any atom is 0.248 e. The summed E-state index contributed by atoms with van der Waals surface area (Å²) in [6.45, 7) is 11.5. The Morgan fingerprint density at radius 2 is 1.75 bits per heavy atom. The Bertz CT molecular complexity index is 333. The summed E-state index contributed by atoms with van der Waals surface area (Å²) in [4.78, 5) is 14.2. The van der Waals surface area contributed by atoms with Gasteiger partial charge in [0.1, 0.15) is 6.61 Å². The first kappa shape index (κ1) is 15.7. The van der Waals surface area contributed by atoms with E-state index in [4.69, 9.17) is 9.47 Å². The quantitative estimate of drug-likeness (QED) is 0.845. The number of amides is 1. The van der Waals surface area contributed by atoms with E-state index < -0.39 is 0 Å². The van der Waals surface area contributed by atoms with E-state index in [-0.39, 0.29) is 29.8 Å². The van der Waals surface area contributed by atoms with Crippen LogP contribution in [0, 0.1) is 0 Å². The van der Waals surface area contributed by atoms with Crippen LogP contribution in [0.15, 0.2) is 0 Å². The van der Waals surface area contributed by atoms with Gasteiger partial charge < -0.3 is 19.7 Å². The van der Waals surface area contributed by atoms with E-state index in [1.54, 1.807) is 0 Å². The minimum absolute atomic E-state index is 0.0768. The Labute approximate surface area is 122 Å². The van der Waals surface area contributed by atoms with Crippen molar-refractivity contribution in [2.24, 2.45) is 0 Å². The van der Waals surface area contributed by atoms with E-state index in [0.29, 0.717) is 13.1 Å². The van der Waals surface area contributed by atoms with Gasteiger partial charge in [0, 0.05) is 13.1 Å². The second-order valence-electron chi connectivity index (χ2n) is 7.13. The number of carbonyl (C=O) groups excluding carboxylic acids is 1. The Morgan fingerprint density at radius 1 is 1.20 bits per heavy atom. The van der Waals surface area contributed by atoms with Gasteiger partial charge in [-0.1, -0.05) is 0 Å². The highest BCUT2D eigenvalue weighted by Crippen LogP contribution is 2.28. The number of morpholine rings is 1. The predicted molar refractivity (Wildman–Crippen MR) is 77.7 cm³/mol. The van der Waals surface area contributed by atoms with Gasteiger partial charge in [-0.05, 0) is 53.6 Å². The molecule has 2 fully saturated rings. The fraction of sp³-hybridized carbons (Fsp3) is 0.933. The van der Waals surface area contributed by atoms with Crippen LogP contribution in [0.2, 0.25) is 0 Å². The Balaban J connectivity index is 1.84. The van der Waals surface area contributed by atoms with Crippen LogP contribution in [0.25, 0.3) is 0 Å². The van der Waals surface area contributed by atoms with Crippen molar-refractivity contribution in [1.29, 1.82) is 0 Å². The zero-order valence-corrected chi connectivity index (χ0v) is 13.2. The highest BCUT2D eigenvalue weighted by molar-refractivity contribution is 5.77. The molecule has 0 unspecified atom stereocenters. The van der Waals surface area contributed by atoms with Crippen LogP contribution in [0.1, 0.15) is 40.5 Å². The fourth-order valence-corrected chi connectivity index (χ4v) is 3.21. The zero-order chi connectivity index (χ0) is 14.8. The molecule has 1 N–H and O–H groups in total. The standard InChI is InChI=1S/C15H28N2O3/c1-14(2)10-17(11-15(3,4)20-14)13(18)9-19-12-5-7-16-8-6-12/h12,16H,5-11H2,1-4H3. The van der Waals surface area contributed by atoms with Crippen LogP contribution in [-0.2, 0) is 14.3 Å². The van der Waals surface area contributed by atoms with Gasteiger partial charge in [-0.3, -0.25) is 4.79 Å². The molecular formula is C15H28N2O3. The van der Waals surface area contributed by atoms with Crippen LogP contribution in [0.5, 0.6) is 0 Å². The largest absolute Gasteiger partial charge is 0.368 e. The second kappa shape index (κ2) is 6.00. The highest BCUT2D eigenvalue weighted by atomic mass is 16.5. The monoisotopic (exact) mass is 284 g/mol. The van der Waals surface area contributed by atoms with Gasteiger partial charge in [-0.2, -0.15) is 0 Å². The van der Waals surface area contributed by atoms with Crippen molar-refractivity contribution in [3.8, 4) is 0 Å². The van der Waals surface area contributed by atoms with Crippen molar-refractivity contribution in [3.05, 3.63) is 0 Å². The van der Waals surface area contributed by atoms with Gasteiger partial charge >= 0.3 is 0 Å². The number of rotatable bonds is 3. The summed E-state index contributed by atoms with van der Waals surface area (Å²) in [7, 11) is 0. The molecule has 2 rings (SSSR count). The van der Waals surface area contributed by atoms with Gasteiger partial charge in [0.2, 0.25) is 5.91 Å². The number of hydrogen-bond acceptors (Lipinski definition) is 4. The van der Waals surface area contributed by atoms with E-state index in [2.05, 4.69) is 5.32 Å². The summed E-state index contributed by atoms with van der Waals surface area (Å²) in [5.74, 6) is 0.0768. The lowest BCUT2D eigenvalue weighted by Crippen LogP contribution is -2.59. The number of nitrogens with zero attached hydrogens (tertiary/aromatic N) is 1. The molecule has 0 aliphatic carbocycles. The molecule has 2 aliphatic rings. The molecule has 0 bridgehead atoms. The second-order valence-corrected chi connectivity index (χ2v) is 7.13. The van der Waals surface area contributed by atoms with Crippen molar-refractivity contribution in [1.82, 2.24) is 10.2 Å². The van der Waals surface area contributed by atoms with Crippen LogP contribution in [-0.4, -0.2) is 60.9 Å². The zero-order valence-electron chi connectivity index (χ0n) is 13.2. The fourth-order valence-electron chi connectivity index (χ4n) is 3.21. The number of carbonyl (C=O) groups is 1. The van der Waals surface area contributed by atoms with Crippen LogP contribution >= 0.6 is 0 Å². The van der Waals surface area contributed by atoms with Gasteiger partial charge in [0.25, 0.3) is 0 Å². The topological polar surface area (TPSA) is 50.8 Å². The van der Waals surface area contributed by atoms with Crippen molar-refractivity contribution >= 4 is 5.91 Å². The smallest absolute Gasteiger partial charge is 0.248 e. The molecule has 2 heterocycles. The average molecular weight is 284 g/mol. The number of ether oxygens (including phenoxy) is 2.